The average Bonchev–Trinajstić information content (AvgIpc) is 1.79. The van der Waals surface area contributed by atoms with E-state index >= 15 is 0 Å². The molecule has 0 aromatic heterocycles. The van der Waals surface area contributed by atoms with Crippen molar-refractivity contribution < 1.29 is 4.79 Å². The largest absolute Gasteiger partial charge is 0.295 e. The second-order valence-corrected chi connectivity index (χ2v) is 2.12. The Morgan fingerprint density at radius 1 is 1.11 bits per heavy atom. The topological polar surface area (TPSA) is 17.1 Å². The zero-order valence-electron chi connectivity index (χ0n) is 5.34. The highest BCUT2D eigenvalue weighted by Gasteiger charge is 1.92. The van der Waals surface area contributed by atoms with Gasteiger partial charge in [0.15, 0.2) is 5.78 Å². The third-order valence-corrected chi connectivity index (χ3v) is 1.29. The maximum atomic E-state index is 10.7. The molecule has 0 saturated carbocycles. The van der Waals surface area contributed by atoms with Crippen LogP contribution in [-0.4, -0.2) is 5.78 Å². The fraction of sp³-hybridized carbons (Fsp3) is 0.375. The molecule has 1 rings (SSSR count). The van der Waals surface area contributed by atoms with Gasteiger partial charge < -0.3 is 0 Å². The lowest BCUT2D eigenvalue weighted by atomic mass is 10.1. The van der Waals surface area contributed by atoms with Gasteiger partial charge in [0.05, 0.1) is 0 Å². The molecule has 0 amide bonds. The first-order valence-corrected chi connectivity index (χ1v) is 3.24. The standard InChI is InChI=1S/C8H10O/c9-8-6-4-2-1-3-5-7-8/h2,4-5,7H,1,3,6H2/b4-2+,7-5-. The van der Waals surface area contributed by atoms with Crippen LogP contribution in [0.5, 0.6) is 0 Å². The van der Waals surface area contributed by atoms with Crippen molar-refractivity contribution in [1.82, 2.24) is 0 Å². The molecular formula is C8H10O. The van der Waals surface area contributed by atoms with Gasteiger partial charge >= 0.3 is 0 Å². The lowest BCUT2D eigenvalue weighted by Gasteiger charge is -1.92. The van der Waals surface area contributed by atoms with Gasteiger partial charge in [-0.2, -0.15) is 0 Å². The van der Waals surface area contributed by atoms with Crippen molar-refractivity contribution in [3.05, 3.63) is 24.3 Å². The molecule has 0 fully saturated rings. The van der Waals surface area contributed by atoms with E-state index in [0.717, 1.165) is 12.8 Å². The minimum absolute atomic E-state index is 0.214. The molecule has 0 aliphatic heterocycles. The minimum Gasteiger partial charge on any atom is -0.295 e. The van der Waals surface area contributed by atoms with Crippen LogP contribution in [-0.2, 0) is 4.79 Å². The van der Waals surface area contributed by atoms with Crippen LogP contribution >= 0.6 is 0 Å². The summed E-state index contributed by atoms with van der Waals surface area (Å²) >= 11 is 0. The van der Waals surface area contributed by atoms with Crippen molar-refractivity contribution in [3.8, 4) is 0 Å². The SMILES string of the molecule is O=C1/C=C\CC/C=C/C1. The van der Waals surface area contributed by atoms with Crippen molar-refractivity contribution in [3.63, 3.8) is 0 Å². The molecule has 0 heterocycles. The molecule has 0 aromatic carbocycles. The third-order valence-electron chi connectivity index (χ3n) is 1.29. The summed E-state index contributed by atoms with van der Waals surface area (Å²) in [4.78, 5) is 10.7. The fourth-order valence-electron chi connectivity index (χ4n) is 0.793. The molecule has 0 saturated heterocycles. The number of ketones is 1. The molecular weight excluding hydrogens is 112 g/mol. The van der Waals surface area contributed by atoms with E-state index in [1.54, 1.807) is 6.08 Å². The predicted octanol–water partition coefficient (Wildman–Crippen LogP) is 1.85. The summed E-state index contributed by atoms with van der Waals surface area (Å²) in [6, 6.07) is 0. The number of hydrogen-bond acceptors (Lipinski definition) is 1. The molecule has 1 heteroatoms. The summed E-state index contributed by atoms with van der Waals surface area (Å²) in [6.45, 7) is 0. The highest BCUT2D eigenvalue weighted by molar-refractivity contribution is 5.90. The minimum atomic E-state index is 0.214. The highest BCUT2D eigenvalue weighted by atomic mass is 16.1. The monoisotopic (exact) mass is 122 g/mol. The molecule has 0 bridgehead atoms. The number of allylic oxidation sites excluding steroid dienone is 4. The van der Waals surface area contributed by atoms with Crippen molar-refractivity contribution in [2.24, 2.45) is 0 Å². The maximum Gasteiger partial charge on any atom is 0.159 e. The summed E-state index contributed by atoms with van der Waals surface area (Å²) in [7, 11) is 0. The van der Waals surface area contributed by atoms with Gasteiger partial charge in [-0.3, -0.25) is 4.79 Å². The van der Waals surface area contributed by atoms with E-state index in [9.17, 15) is 4.79 Å². The summed E-state index contributed by atoms with van der Waals surface area (Å²) in [5, 5.41) is 0. The lowest BCUT2D eigenvalue weighted by molar-refractivity contribution is -0.113. The van der Waals surface area contributed by atoms with Crippen molar-refractivity contribution in [2.75, 3.05) is 0 Å². The Balaban J connectivity index is 2.50. The average molecular weight is 122 g/mol. The second kappa shape index (κ2) is 3.23. The van der Waals surface area contributed by atoms with Crippen LogP contribution in [0, 0.1) is 0 Å². The molecule has 0 radical (unpaired) electrons. The highest BCUT2D eigenvalue weighted by Crippen LogP contribution is 2.00. The normalized spacial score (nSPS) is 26.4. The Morgan fingerprint density at radius 2 is 1.89 bits per heavy atom. The van der Waals surface area contributed by atoms with Crippen molar-refractivity contribution in [2.45, 2.75) is 19.3 Å². The molecule has 9 heavy (non-hydrogen) atoms. The first-order valence-electron chi connectivity index (χ1n) is 3.24. The molecule has 0 atom stereocenters. The molecule has 0 spiro atoms. The molecule has 1 nitrogen and oxygen atoms in total. The van der Waals surface area contributed by atoms with Gasteiger partial charge in [0.1, 0.15) is 0 Å². The van der Waals surface area contributed by atoms with Gasteiger partial charge in [-0.1, -0.05) is 18.2 Å². The van der Waals surface area contributed by atoms with Gasteiger partial charge in [-0.05, 0) is 18.9 Å². The molecule has 48 valence electrons. The van der Waals surface area contributed by atoms with E-state index in [1.807, 2.05) is 12.2 Å². The van der Waals surface area contributed by atoms with Gasteiger partial charge in [0, 0.05) is 6.42 Å². The summed E-state index contributed by atoms with van der Waals surface area (Å²) in [5.41, 5.74) is 0. The van der Waals surface area contributed by atoms with Crippen molar-refractivity contribution in [1.29, 1.82) is 0 Å². The van der Waals surface area contributed by atoms with Crippen LogP contribution in [0.2, 0.25) is 0 Å². The molecule has 0 unspecified atom stereocenters. The van der Waals surface area contributed by atoms with Crippen LogP contribution in [0.3, 0.4) is 0 Å². The number of rotatable bonds is 0. The fourth-order valence-corrected chi connectivity index (χ4v) is 0.793. The first-order chi connectivity index (χ1) is 4.39. The van der Waals surface area contributed by atoms with E-state index in [2.05, 4.69) is 6.08 Å². The number of carbonyl (C=O) groups excluding carboxylic acids is 1. The summed E-state index contributed by atoms with van der Waals surface area (Å²) in [6.07, 6.45) is 10.3. The smallest absolute Gasteiger partial charge is 0.159 e. The van der Waals surface area contributed by atoms with Gasteiger partial charge in [0.2, 0.25) is 0 Å². The Labute approximate surface area is 55.1 Å². The molecule has 1 aliphatic carbocycles. The van der Waals surface area contributed by atoms with E-state index in [1.165, 1.54) is 0 Å². The number of hydrogen-bond donors (Lipinski definition) is 0. The second-order valence-electron chi connectivity index (χ2n) is 2.12. The zero-order valence-corrected chi connectivity index (χ0v) is 5.34. The summed E-state index contributed by atoms with van der Waals surface area (Å²) in [5.74, 6) is 0.214. The van der Waals surface area contributed by atoms with Crippen LogP contribution < -0.4 is 0 Å². The quantitative estimate of drug-likeness (QED) is 0.448. The Bertz CT molecular complexity index is 154. The Morgan fingerprint density at radius 3 is 2.78 bits per heavy atom. The summed E-state index contributed by atoms with van der Waals surface area (Å²) < 4.78 is 0. The van der Waals surface area contributed by atoms with Gasteiger partial charge in [-0.15, -0.1) is 0 Å². The molecule has 1 aliphatic rings. The Hall–Kier alpha value is -0.850. The van der Waals surface area contributed by atoms with Crippen LogP contribution in [0.25, 0.3) is 0 Å². The Kier molecular flexibility index (Phi) is 2.25. The van der Waals surface area contributed by atoms with E-state index in [4.69, 9.17) is 0 Å². The number of carbonyl (C=O) groups is 1. The lowest BCUT2D eigenvalue weighted by Crippen LogP contribution is -1.90. The zero-order chi connectivity index (χ0) is 6.53. The molecule has 0 N–H and O–H groups in total. The molecule has 0 aromatic rings. The van der Waals surface area contributed by atoms with Crippen LogP contribution in [0.15, 0.2) is 24.3 Å². The first kappa shape index (κ1) is 6.27. The maximum absolute atomic E-state index is 10.7. The van der Waals surface area contributed by atoms with Crippen LogP contribution in [0.1, 0.15) is 19.3 Å². The van der Waals surface area contributed by atoms with E-state index < -0.39 is 0 Å². The van der Waals surface area contributed by atoms with E-state index in [0.29, 0.717) is 6.42 Å². The van der Waals surface area contributed by atoms with Gasteiger partial charge in [-0.25, -0.2) is 0 Å². The van der Waals surface area contributed by atoms with Crippen LogP contribution in [0.4, 0.5) is 0 Å². The third kappa shape index (κ3) is 2.27. The van der Waals surface area contributed by atoms with Gasteiger partial charge in [0.25, 0.3) is 0 Å². The van der Waals surface area contributed by atoms with Crippen molar-refractivity contribution >= 4 is 5.78 Å². The van der Waals surface area contributed by atoms with E-state index in [-0.39, 0.29) is 5.78 Å². The predicted molar refractivity (Wildman–Crippen MR) is 37.1 cm³/mol.